The van der Waals surface area contributed by atoms with E-state index in [0.717, 1.165) is 22.8 Å². The van der Waals surface area contributed by atoms with Crippen LogP contribution in [-0.4, -0.2) is 33.9 Å². The van der Waals surface area contributed by atoms with Crippen molar-refractivity contribution in [3.8, 4) is 0 Å². The summed E-state index contributed by atoms with van der Waals surface area (Å²) in [7, 11) is 3.01. The van der Waals surface area contributed by atoms with E-state index in [-0.39, 0.29) is 5.91 Å². The zero-order chi connectivity index (χ0) is 10.8. The summed E-state index contributed by atoms with van der Waals surface area (Å²) in [6.07, 6.45) is 0. The van der Waals surface area contributed by atoms with Crippen LogP contribution < -0.4 is 0 Å². The zero-order valence-corrected chi connectivity index (χ0v) is 9.11. The van der Waals surface area contributed by atoms with Gasteiger partial charge in [-0.2, -0.15) is 8.75 Å². The number of fused-ring (bicyclic) bond motifs is 1. The molecule has 1 aromatic carbocycles. The lowest BCUT2D eigenvalue weighted by atomic mass is 10.2. The molecule has 1 amide bonds. The summed E-state index contributed by atoms with van der Waals surface area (Å²) in [6, 6.07) is 5.19. The summed E-state index contributed by atoms with van der Waals surface area (Å²) in [5, 5.41) is 1.17. The van der Waals surface area contributed by atoms with E-state index >= 15 is 0 Å². The normalized spacial score (nSPS) is 10.5. The highest BCUT2D eigenvalue weighted by Gasteiger charge is 2.12. The number of hydroxylamine groups is 2. The van der Waals surface area contributed by atoms with Crippen LogP contribution in [0.2, 0.25) is 0 Å². The maximum Gasteiger partial charge on any atom is 0.277 e. The Bertz CT molecular complexity index is 497. The summed E-state index contributed by atoms with van der Waals surface area (Å²) >= 11 is 1.13. The molecule has 78 valence electrons. The molecule has 2 aromatic rings. The quantitative estimate of drug-likeness (QED) is 0.721. The Kier molecular flexibility index (Phi) is 2.61. The Morgan fingerprint density at radius 1 is 1.40 bits per heavy atom. The van der Waals surface area contributed by atoms with Gasteiger partial charge in [-0.15, -0.1) is 0 Å². The number of amides is 1. The first-order valence-electron chi connectivity index (χ1n) is 4.27. The van der Waals surface area contributed by atoms with Crippen molar-refractivity contribution in [3.05, 3.63) is 23.8 Å². The number of hydrogen-bond acceptors (Lipinski definition) is 5. The number of rotatable bonds is 2. The zero-order valence-electron chi connectivity index (χ0n) is 8.30. The molecule has 0 atom stereocenters. The maximum atomic E-state index is 11.7. The van der Waals surface area contributed by atoms with Crippen LogP contribution in [0, 0.1) is 0 Å². The van der Waals surface area contributed by atoms with Gasteiger partial charge in [-0.05, 0) is 18.2 Å². The predicted octanol–water partition coefficient (Wildman–Crippen LogP) is 1.32. The van der Waals surface area contributed by atoms with Crippen molar-refractivity contribution in [2.45, 2.75) is 0 Å². The van der Waals surface area contributed by atoms with Gasteiger partial charge in [0.1, 0.15) is 11.0 Å². The molecule has 0 saturated heterocycles. The molecule has 5 nitrogen and oxygen atoms in total. The standard InChI is InChI=1S/C9H9N3O2S/c1-12(14-2)9(13)6-3-4-7-8(5-6)11-15-10-7/h3-5H,1-2H3. The van der Waals surface area contributed by atoms with Crippen molar-refractivity contribution in [1.82, 2.24) is 13.8 Å². The van der Waals surface area contributed by atoms with Gasteiger partial charge < -0.3 is 0 Å². The SMILES string of the molecule is CON(C)C(=O)c1ccc2nsnc2c1. The van der Waals surface area contributed by atoms with Crippen LogP contribution in [0.5, 0.6) is 0 Å². The molecular weight excluding hydrogens is 214 g/mol. The molecule has 0 aliphatic heterocycles. The number of carbonyl (C=O) groups is 1. The highest BCUT2D eigenvalue weighted by Crippen LogP contribution is 2.14. The average Bonchev–Trinajstić information content (AvgIpc) is 2.73. The molecule has 0 unspecified atom stereocenters. The Morgan fingerprint density at radius 2 is 2.13 bits per heavy atom. The van der Waals surface area contributed by atoms with E-state index in [9.17, 15) is 4.79 Å². The third-order valence-electron chi connectivity index (χ3n) is 2.06. The lowest BCUT2D eigenvalue weighted by Gasteiger charge is -2.12. The molecule has 0 saturated carbocycles. The minimum atomic E-state index is -0.201. The smallest absolute Gasteiger partial charge is 0.274 e. The molecule has 1 aromatic heterocycles. The Hall–Kier alpha value is -1.53. The van der Waals surface area contributed by atoms with Crippen molar-refractivity contribution in [2.75, 3.05) is 14.2 Å². The van der Waals surface area contributed by atoms with Crippen LogP contribution in [0.3, 0.4) is 0 Å². The molecule has 0 fully saturated rings. The summed E-state index contributed by atoms with van der Waals surface area (Å²) in [4.78, 5) is 16.5. The fourth-order valence-electron chi connectivity index (χ4n) is 1.18. The third kappa shape index (κ3) is 1.81. The topological polar surface area (TPSA) is 55.3 Å². The minimum absolute atomic E-state index is 0.201. The molecular formula is C9H9N3O2S. The number of hydrogen-bond donors (Lipinski definition) is 0. The summed E-state index contributed by atoms with van der Waals surface area (Å²) in [5.74, 6) is -0.201. The second-order valence-electron chi connectivity index (χ2n) is 2.95. The van der Waals surface area contributed by atoms with Crippen LogP contribution in [0.25, 0.3) is 11.0 Å². The summed E-state index contributed by atoms with van der Waals surface area (Å²) in [5.41, 5.74) is 2.08. The fourth-order valence-corrected chi connectivity index (χ4v) is 1.70. The van der Waals surface area contributed by atoms with Gasteiger partial charge in [-0.3, -0.25) is 9.63 Å². The minimum Gasteiger partial charge on any atom is -0.274 e. The van der Waals surface area contributed by atoms with Crippen LogP contribution in [0.15, 0.2) is 18.2 Å². The molecule has 0 radical (unpaired) electrons. The maximum absolute atomic E-state index is 11.7. The monoisotopic (exact) mass is 223 g/mol. The highest BCUT2D eigenvalue weighted by atomic mass is 32.1. The Morgan fingerprint density at radius 3 is 2.87 bits per heavy atom. The second-order valence-corrected chi connectivity index (χ2v) is 3.48. The molecule has 0 spiro atoms. The van der Waals surface area contributed by atoms with Gasteiger partial charge in [-0.25, -0.2) is 5.06 Å². The molecule has 2 rings (SSSR count). The van der Waals surface area contributed by atoms with E-state index in [1.165, 1.54) is 12.2 Å². The van der Waals surface area contributed by atoms with Gasteiger partial charge in [0.05, 0.1) is 18.8 Å². The Balaban J connectivity index is 2.39. The number of carbonyl (C=O) groups excluding carboxylic acids is 1. The number of aromatic nitrogens is 2. The molecule has 0 bridgehead atoms. The van der Waals surface area contributed by atoms with E-state index in [2.05, 4.69) is 8.75 Å². The molecule has 0 aliphatic rings. The summed E-state index contributed by atoms with van der Waals surface area (Å²) in [6.45, 7) is 0. The summed E-state index contributed by atoms with van der Waals surface area (Å²) < 4.78 is 8.12. The molecule has 0 aliphatic carbocycles. The van der Waals surface area contributed by atoms with Crippen LogP contribution in [0.4, 0.5) is 0 Å². The van der Waals surface area contributed by atoms with Crippen molar-refractivity contribution in [2.24, 2.45) is 0 Å². The van der Waals surface area contributed by atoms with Gasteiger partial charge in [0.2, 0.25) is 0 Å². The first-order valence-corrected chi connectivity index (χ1v) is 5.00. The number of benzene rings is 1. The van der Waals surface area contributed by atoms with Gasteiger partial charge in [-0.1, -0.05) is 0 Å². The van der Waals surface area contributed by atoms with E-state index in [1.807, 2.05) is 0 Å². The van der Waals surface area contributed by atoms with Gasteiger partial charge in [0, 0.05) is 12.6 Å². The van der Waals surface area contributed by atoms with Crippen LogP contribution in [0.1, 0.15) is 10.4 Å². The first-order chi connectivity index (χ1) is 7.22. The Labute approximate surface area is 90.6 Å². The lowest BCUT2D eigenvalue weighted by Crippen LogP contribution is -2.25. The fraction of sp³-hybridized carbons (Fsp3) is 0.222. The highest BCUT2D eigenvalue weighted by molar-refractivity contribution is 7.00. The predicted molar refractivity (Wildman–Crippen MR) is 56.5 cm³/mol. The lowest BCUT2D eigenvalue weighted by molar-refractivity contribution is -0.0756. The molecule has 6 heteroatoms. The van der Waals surface area contributed by atoms with E-state index in [0.29, 0.717) is 5.56 Å². The van der Waals surface area contributed by atoms with E-state index < -0.39 is 0 Å². The van der Waals surface area contributed by atoms with Crippen molar-refractivity contribution >= 4 is 28.7 Å². The second kappa shape index (κ2) is 3.92. The van der Waals surface area contributed by atoms with Crippen LogP contribution >= 0.6 is 11.7 Å². The van der Waals surface area contributed by atoms with Gasteiger partial charge >= 0.3 is 0 Å². The molecule has 15 heavy (non-hydrogen) atoms. The molecule has 0 N–H and O–H groups in total. The van der Waals surface area contributed by atoms with E-state index in [4.69, 9.17) is 4.84 Å². The number of nitrogens with zero attached hydrogens (tertiary/aromatic N) is 3. The van der Waals surface area contributed by atoms with Crippen LogP contribution in [-0.2, 0) is 4.84 Å². The van der Waals surface area contributed by atoms with Crippen molar-refractivity contribution in [3.63, 3.8) is 0 Å². The average molecular weight is 223 g/mol. The van der Waals surface area contributed by atoms with Gasteiger partial charge in [0.15, 0.2) is 0 Å². The largest absolute Gasteiger partial charge is 0.277 e. The third-order valence-corrected chi connectivity index (χ3v) is 2.62. The van der Waals surface area contributed by atoms with E-state index in [1.54, 1.807) is 25.2 Å². The van der Waals surface area contributed by atoms with Gasteiger partial charge in [0.25, 0.3) is 5.91 Å². The van der Waals surface area contributed by atoms with Crippen molar-refractivity contribution in [1.29, 1.82) is 0 Å². The first kappa shape index (κ1) is 10.0. The van der Waals surface area contributed by atoms with Crippen molar-refractivity contribution < 1.29 is 9.63 Å². The molecule has 1 heterocycles.